The lowest BCUT2D eigenvalue weighted by Gasteiger charge is -2.07. The Kier molecular flexibility index (Phi) is 4.35. The minimum Gasteiger partial charge on any atom is -0.393 e. The molecule has 0 saturated carbocycles. The Morgan fingerprint density at radius 3 is 2.85 bits per heavy atom. The highest BCUT2D eigenvalue weighted by atomic mass is 79.9. The molecule has 0 fully saturated rings. The van der Waals surface area contributed by atoms with Crippen molar-refractivity contribution in [2.45, 2.75) is 18.9 Å². The predicted octanol–water partition coefficient (Wildman–Crippen LogP) is 1.10. The van der Waals surface area contributed by atoms with Gasteiger partial charge in [0, 0.05) is 22.8 Å². The van der Waals surface area contributed by atoms with Crippen molar-refractivity contribution in [2.75, 3.05) is 6.54 Å². The van der Waals surface area contributed by atoms with E-state index in [0.717, 1.165) is 10.2 Å². The molecule has 0 spiro atoms. The summed E-state index contributed by atoms with van der Waals surface area (Å²) in [6.45, 7) is 0.512. The van der Waals surface area contributed by atoms with E-state index in [1.807, 2.05) is 12.1 Å². The van der Waals surface area contributed by atoms with Crippen LogP contribution in [-0.2, 0) is 6.42 Å². The molecule has 1 atom stereocenters. The van der Waals surface area contributed by atoms with Gasteiger partial charge in [-0.05, 0) is 41.0 Å². The smallest absolute Gasteiger partial charge is 0.0607 e. The number of aromatic nitrogens is 1. The zero-order valence-corrected chi connectivity index (χ0v) is 8.87. The molecule has 0 saturated heterocycles. The molecule has 0 bridgehead atoms. The molecule has 0 aliphatic rings. The van der Waals surface area contributed by atoms with Gasteiger partial charge in [-0.3, -0.25) is 4.98 Å². The van der Waals surface area contributed by atoms with Gasteiger partial charge in [-0.1, -0.05) is 0 Å². The maximum absolute atomic E-state index is 9.44. The third kappa shape index (κ3) is 3.85. The van der Waals surface area contributed by atoms with Gasteiger partial charge < -0.3 is 10.8 Å². The maximum atomic E-state index is 9.44. The molecule has 1 aromatic rings. The third-order valence-corrected chi connectivity index (χ3v) is 2.20. The quantitative estimate of drug-likeness (QED) is 0.834. The Hall–Kier alpha value is -0.450. The van der Waals surface area contributed by atoms with Crippen LogP contribution >= 0.6 is 15.9 Å². The van der Waals surface area contributed by atoms with E-state index in [4.69, 9.17) is 5.73 Å². The molecular formula is C9H13BrN2O. The summed E-state index contributed by atoms with van der Waals surface area (Å²) in [5, 5.41) is 9.44. The lowest BCUT2D eigenvalue weighted by Crippen LogP contribution is -2.16. The fraction of sp³-hybridized carbons (Fsp3) is 0.444. The Labute approximate surface area is 86.1 Å². The first kappa shape index (κ1) is 10.6. The van der Waals surface area contributed by atoms with Crippen molar-refractivity contribution in [1.29, 1.82) is 0 Å². The molecule has 1 heterocycles. The molecule has 0 amide bonds. The summed E-state index contributed by atoms with van der Waals surface area (Å²) in [6.07, 6.45) is 2.55. The summed E-state index contributed by atoms with van der Waals surface area (Å²) in [4.78, 5) is 4.15. The van der Waals surface area contributed by atoms with Crippen LogP contribution in [0.15, 0.2) is 22.8 Å². The zero-order valence-electron chi connectivity index (χ0n) is 7.28. The third-order valence-electron chi connectivity index (χ3n) is 1.73. The Morgan fingerprint density at radius 2 is 2.31 bits per heavy atom. The van der Waals surface area contributed by atoms with Gasteiger partial charge in [0.2, 0.25) is 0 Å². The summed E-state index contributed by atoms with van der Waals surface area (Å²) in [5.41, 5.74) is 6.21. The lowest BCUT2D eigenvalue weighted by atomic mass is 10.1. The topological polar surface area (TPSA) is 59.1 Å². The van der Waals surface area contributed by atoms with E-state index in [-0.39, 0.29) is 6.10 Å². The molecule has 3 N–H and O–H groups in total. The number of nitrogens with zero attached hydrogens (tertiary/aromatic N) is 1. The summed E-state index contributed by atoms with van der Waals surface area (Å²) in [7, 11) is 0. The molecule has 72 valence electrons. The highest BCUT2D eigenvalue weighted by molar-refractivity contribution is 9.10. The summed E-state index contributed by atoms with van der Waals surface area (Å²) >= 11 is 3.30. The average molecular weight is 245 g/mol. The lowest BCUT2D eigenvalue weighted by molar-refractivity contribution is 0.166. The number of pyridine rings is 1. The molecule has 1 aromatic heterocycles. The molecular weight excluding hydrogens is 232 g/mol. The van der Waals surface area contributed by atoms with Gasteiger partial charge in [-0.2, -0.15) is 0 Å². The van der Waals surface area contributed by atoms with E-state index in [9.17, 15) is 5.11 Å². The summed E-state index contributed by atoms with van der Waals surface area (Å²) in [6, 6.07) is 3.81. The minimum absolute atomic E-state index is 0.376. The molecule has 4 heteroatoms. The molecule has 0 aromatic carbocycles. The van der Waals surface area contributed by atoms with Crippen LogP contribution in [-0.4, -0.2) is 22.7 Å². The standard InChI is InChI=1S/C9H13BrN2O/c10-7-1-2-8(12-6-7)5-9(13)3-4-11/h1-2,6,9,13H,3-5,11H2. The second-order valence-electron chi connectivity index (χ2n) is 2.90. The fourth-order valence-electron chi connectivity index (χ4n) is 1.06. The van der Waals surface area contributed by atoms with Crippen LogP contribution in [0.3, 0.4) is 0 Å². The Balaban J connectivity index is 2.49. The molecule has 0 radical (unpaired) electrons. The SMILES string of the molecule is NCCC(O)Cc1ccc(Br)cn1. The van der Waals surface area contributed by atoms with E-state index in [2.05, 4.69) is 20.9 Å². The maximum Gasteiger partial charge on any atom is 0.0607 e. The minimum atomic E-state index is -0.376. The monoisotopic (exact) mass is 244 g/mol. The number of rotatable bonds is 4. The largest absolute Gasteiger partial charge is 0.393 e. The van der Waals surface area contributed by atoms with Crippen LogP contribution in [0.2, 0.25) is 0 Å². The highest BCUT2D eigenvalue weighted by Crippen LogP contribution is 2.09. The van der Waals surface area contributed by atoms with Gasteiger partial charge in [0.1, 0.15) is 0 Å². The van der Waals surface area contributed by atoms with E-state index in [1.54, 1.807) is 6.20 Å². The second kappa shape index (κ2) is 5.32. The summed E-state index contributed by atoms with van der Waals surface area (Å²) in [5.74, 6) is 0. The second-order valence-corrected chi connectivity index (χ2v) is 3.82. The van der Waals surface area contributed by atoms with Crippen LogP contribution in [0.5, 0.6) is 0 Å². The number of aliphatic hydroxyl groups is 1. The van der Waals surface area contributed by atoms with E-state index in [1.165, 1.54) is 0 Å². The number of hydrogen-bond acceptors (Lipinski definition) is 3. The number of aliphatic hydroxyl groups excluding tert-OH is 1. The van der Waals surface area contributed by atoms with Crippen molar-refractivity contribution >= 4 is 15.9 Å². The van der Waals surface area contributed by atoms with Gasteiger partial charge in [-0.15, -0.1) is 0 Å². The molecule has 1 unspecified atom stereocenters. The van der Waals surface area contributed by atoms with Crippen molar-refractivity contribution in [2.24, 2.45) is 5.73 Å². The van der Waals surface area contributed by atoms with Gasteiger partial charge in [0.15, 0.2) is 0 Å². The fourth-order valence-corrected chi connectivity index (χ4v) is 1.30. The van der Waals surface area contributed by atoms with Crippen LogP contribution in [0.4, 0.5) is 0 Å². The van der Waals surface area contributed by atoms with E-state index < -0.39 is 0 Å². The van der Waals surface area contributed by atoms with Crippen LogP contribution in [0.25, 0.3) is 0 Å². The van der Waals surface area contributed by atoms with Crippen LogP contribution in [0.1, 0.15) is 12.1 Å². The number of nitrogens with two attached hydrogens (primary N) is 1. The number of hydrogen-bond donors (Lipinski definition) is 2. The summed E-state index contributed by atoms with van der Waals surface area (Å²) < 4.78 is 0.949. The van der Waals surface area contributed by atoms with Crippen molar-refractivity contribution < 1.29 is 5.11 Å². The molecule has 3 nitrogen and oxygen atoms in total. The first-order valence-corrected chi connectivity index (χ1v) is 5.00. The molecule has 13 heavy (non-hydrogen) atoms. The highest BCUT2D eigenvalue weighted by Gasteiger charge is 2.04. The van der Waals surface area contributed by atoms with Gasteiger partial charge in [-0.25, -0.2) is 0 Å². The van der Waals surface area contributed by atoms with Crippen molar-refractivity contribution in [1.82, 2.24) is 4.98 Å². The van der Waals surface area contributed by atoms with Crippen molar-refractivity contribution in [3.05, 3.63) is 28.5 Å². The van der Waals surface area contributed by atoms with E-state index >= 15 is 0 Å². The van der Waals surface area contributed by atoms with Crippen LogP contribution < -0.4 is 5.73 Å². The Bertz CT molecular complexity index is 250. The predicted molar refractivity (Wildman–Crippen MR) is 55.3 cm³/mol. The van der Waals surface area contributed by atoms with Crippen molar-refractivity contribution in [3.63, 3.8) is 0 Å². The van der Waals surface area contributed by atoms with Gasteiger partial charge >= 0.3 is 0 Å². The molecule has 1 rings (SSSR count). The average Bonchev–Trinajstić information content (AvgIpc) is 2.09. The van der Waals surface area contributed by atoms with Crippen molar-refractivity contribution in [3.8, 4) is 0 Å². The number of halogens is 1. The first-order chi connectivity index (χ1) is 6.22. The Morgan fingerprint density at radius 1 is 1.54 bits per heavy atom. The zero-order chi connectivity index (χ0) is 9.68. The van der Waals surface area contributed by atoms with Gasteiger partial charge in [0.25, 0.3) is 0 Å². The van der Waals surface area contributed by atoms with Crippen LogP contribution in [0, 0.1) is 0 Å². The van der Waals surface area contributed by atoms with E-state index in [0.29, 0.717) is 19.4 Å². The normalized spacial score (nSPS) is 12.8. The first-order valence-electron chi connectivity index (χ1n) is 4.21. The van der Waals surface area contributed by atoms with Gasteiger partial charge in [0.05, 0.1) is 6.10 Å². The molecule has 0 aliphatic carbocycles. The molecule has 0 aliphatic heterocycles.